The Kier molecular flexibility index (Phi) is 3.97. The molecule has 3 nitrogen and oxygen atoms in total. The van der Waals surface area contributed by atoms with Crippen molar-refractivity contribution in [3.05, 3.63) is 35.6 Å². The molecular formula is C14H18FNO2. The summed E-state index contributed by atoms with van der Waals surface area (Å²) >= 11 is 0. The maximum Gasteiger partial charge on any atom is 0.306 e. The zero-order chi connectivity index (χ0) is 13.1. The molecule has 18 heavy (non-hydrogen) atoms. The summed E-state index contributed by atoms with van der Waals surface area (Å²) in [4.78, 5) is 12.9. The molecule has 98 valence electrons. The molecule has 1 fully saturated rings. The van der Waals surface area contributed by atoms with E-state index < -0.39 is 5.97 Å². The number of nitrogens with zero attached hydrogens (tertiary/aromatic N) is 1. The molecule has 0 heterocycles. The van der Waals surface area contributed by atoms with Crippen LogP contribution in [-0.4, -0.2) is 35.6 Å². The largest absolute Gasteiger partial charge is 0.481 e. The van der Waals surface area contributed by atoms with Gasteiger partial charge >= 0.3 is 5.97 Å². The fourth-order valence-corrected chi connectivity index (χ4v) is 2.29. The van der Waals surface area contributed by atoms with Crippen molar-refractivity contribution in [2.24, 2.45) is 5.92 Å². The van der Waals surface area contributed by atoms with Crippen LogP contribution in [0.3, 0.4) is 0 Å². The van der Waals surface area contributed by atoms with Crippen molar-refractivity contribution in [1.29, 1.82) is 0 Å². The molecule has 0 amide bonds. The van der Waals surface area contributed by atoms with E-state index >= 15 is 0 Å². The van der Waals surface area contributed by atoms with Crippen LogP contribution < -0.4 is 0 Å². The number of hydrogen-bond acceptors (Lipinski definition) is 2. The fraction of sp³-hybridized carbons (Fsp3) is 0.500. The first-order chi connectivity index (χ1) is 8.56. The van der Waals surface area contributed by atoms with Crippen molar-refractivity contribution in [2.45, 2.75) is 25.3 Å². The lowest BCUT2D eigenvalue weighted by molar-refractivity contribution is -0.146. The second kappa shape index (κ2) is 5.48. The average molecular weight is 251 g/mol. The Labute approximate surface area is 106 Å². The van der Waals surface area contributed by atoms with Crippen LogP contribution in [0, 0.1) is 11.7 Å². The third-order valence-electron chi connectivity index (χ3n) is 3.75. The third-order valence-corrected chi connectivity index (χ3v) is 3.75. The van der Waals surface area contributed by atoms with Crippen LogP contribution in [0.5, 0.6) is 0 Å². The van der Waals surface area contributed by atoms with Crippen molar-refractivity contribution < 1.29 is 14.3 Å². The van der Waals surface area contributed by atoms with E-state index in [1.807, 2.05) is 7.05 Å². The lowest BCUT2D eigenvalue weighted by Gasteiger charge is -2.39. The predicted molar refractivity (Wildman–Crippen MR) is 66.9 cm³/mol. The van der Waals surface area contributed by atoms with Gasteiger partial charge in [-0.3, -0.25) is 4.79 Å². The van der Waals surface area contributed by atoms with Gasteiger partial charge in [0, 0.05) is 12.6 Å². The molecule has 1 aromatic carbocycles. The molecule has 0 bridgehead atoms. The van der Waals surface area contributed by atoms with E-state index in [9.17, 15) is 9.18 Å². The van der Waals surface area contributed by atoms with E-state index in [0.29, 0.717) is 6.04 Å². The molecule has 1 saturated carbocycles. The van der Waals surface area contributed by atoms with E-state index in [-0.39, 0.29) is 11.7 Å². The van der Waals surface area contributed by atoms with Gasteiger partial charge in [-0.05, 0) is 44.0 Å². The first-order valence-corrected chi connectivity index (χ1v) is 6.23. The molecule has 1 aromatic rings. The summed E-state index contributed by atoms with van der Waals surface area (Å²) in [5.41, 5.74) is 1.11. The molecule has 0 aromatic heterocycles. The maximum atomic E-state index is 12.7. The normalized spacial score (nSPS) is 22.8. The van der Waals surface area contributed by atoms with Gasteiger partial charge in [0.25, 0.3) is 0 Å². The Morgan fingerprint density at radius 1 is 1.39 bits per heavy atom. The zero-order valence-corrected chi connectivity index (χ0v) is 10.5. The van der Waals surface area contributed by atoms with Crippen molar-refractivity contribution in [3.8, 4) is 0 Å². The summed E-state index contributed by atoms with van der Waals surface area (Å²) in [6.45, 7) is 0.878. The Morgan fingerprint density at radius 2 is 2.00 bits per heavy atom. The summed E-state index contributed by atoms with van der Waals surface area (Å²) in [5, 5.41) is 8.81. The number of carboxylic acid groups (broad SMARTS) is 1. The molecule has 0 spiro atoms. The summed E-state index contributed by atoms with van der Waals surface area (Å²) in [6.07, 6.45) is 2.36. The molecule has 0 radical (unpaired) electrons. The van der Waals surface area contributed by atoms with Gasteiger partial charge < -0.3 is 10.0 Å². The molecule has 2 rings (SSSR count). The number of benzene rings is 1. The van der Waals surface area contributed by atoms with Crippen LogP contribution in [-0.2, 0) is 11.2 Å². The standard InChI is InChI=1S/C14H18FNO2/c1-16(13-8-11(9-13)14(17)18)7-6-10-2-4-12(15)5-3-10/h2-5,11,13H,6-9H2,1H3,(H,17,18). The Morgan fingerprint density at radius 3 is 2.56 bits per heavy atom. The predicted octanol–water partition coefficient (Wildman–Crippen LogP) is 2.16. The van der Waals surface area contributed by atoms with Crippen molar-refractivity contribution in [1.82, 2.24) is 4.90 Å². The van der Waals surface area contributed by atoms with Crippen LogP contribution in [0.4, 0.5) is 4.39 Å². The summed E-state index contributed by atoms with van der Waals surface area (Å²) in [7, 11) is 2.02. The minimum atomic E-state index is -0.682. The highest BCUT2D eigenvalue weighted by Crippen LogP contribution is 2.31. The molecule has 0 unspecified atom stereocenters. The van der Waals surface area contributed by atoms with Crippen LogP contribution in [0.1, 0.15) is 18.4 Å². The number of aliphatic carboxylic acids is 1. The first kappa shape index (κ1) is 13.0. The van der Waals surface area contributed by atoms with Crippen molar-refractivity contribution in [2.75, 3.05) is 13.6 Å². The number of hydrogen-bond donors (Lipinski definition) is 1. The van der Waals surface area contributed by atoms with Gasteiger partial charge in [-0.15, -0.1) is 0 Å². The number of halogens is 1. The van der Waals surface area contributed by atoms with E-state index in [2.05, 4.69) is 4.90 Å². The fourth-order valence-electron chi connectivity index (χ4n) is 2.29. The van der Waals surface area contributed by atoms with Gasteiger partial charge in [-0.1, -0.05) is 12.1 Å². The van der Waals surface area contributed by atoms with Gasteiger partial charge in [-0.2, -0.15) is 0 Å². The van der Waals surface area contributed by atoms with Crippen LogP contribution in [0.15, 0.2) is 24.3 Å². The Bertz CT molecular complexity index is 412. The quantitative estimate of drug-likeness (QED) is 0.871. The molecule has 1 N–H and O–H groups in total. The van der Waals surface area contributed by atoms with Crippen LogP contribution >= 0.6 is 0 Å². The van der Waals surface area contributed by atoms with Crippen molar-refractivity contribution >= 4 is 5.97 Å². The Balaban J connectivity index is 1.74. The summed E-state index contributed by atoms with van der Waals surface area (Å²) in [6, 6.07) is 6.92. The van der Waals surface area contributed by atoms with E-state index in [4.69, 9.17) is 5.11 Å². The number of rotatable bonds is 5. The topological polar surface area (TPSA) is 40.5 Å². The minimum Gasteiger partial charge on any atom is -0.481 e. The second-order valence-electron chi connectivity index (χ2n) is 5.02. The third kappa shape index (κ3) is 3.07. The molecule has 1 aliphatic carbocycles. The van der Waals surface area contributed by atoms with Gasteiger partial charge in [-0.25, -0.2) is 4.39 Å². The molecule has 0 saturated heterocycles. The van der Waals surface area contributed by atoms with Crippen LogP contribution in [0.25, 0.3) is 0 Å². The Hall–Kier alpha value is -1.42. The van der Waals surface area contributed by atoms with Gasteiger partial charge in [0.1, 0.15) is 5.82 Å². The molecule has 1 aliphatic rings. The molecule has 0 atom stereocenters. The molecular weight excluding hydrogens is 233 g/mol. The summed E-state index contributed by atoms with van der Waals surface area (Å²) < 4.78 is 12.7. The lowest BCUT2D eigenvalue weighted by atomic mass is 9.79. The number of carbonyl (C=O) groups is 1. The van der Waals surface area contributed by atoms with E-state index in [1.165, 1.54) is 12.1 Å². The highest BCUT2D eigenvalue weighted by Gasteiger charge is 2.36. The minimum absolute atomic E-state index is 0.164. The maximum absolute atomic E-state index is 12.7. The monoisotopic (exact) mass is 251 g/mol. The average Bonchev–Trinajstić information content (AvgIpc) is 2.25. The number of likely N-dealkylation sites (N-methyl/N-ethyl adjacent to an activating group) is 1. The van der Waals surface area contributed by atoms with Gasteiger partial charge in [0.05, 0.1) is 5.92 Å². The van der Waals surface area contributed by atoms with Crippen molar-refractivity contribution in [3.63, 3.8) is 0 Å². The van der Waals surface area contributed by atoms with Gasteiger partial charge in [0.2, 0.25) is 0 Å². The molecule has 0 aliphatic heterocycles. The number of carboxylic acids is 1. The molecule has 4 heteroatoms. The van der Waals surface area contributed by atoms with Crippen LogP contribution in [0.2, 0.25) is 0 Å². The van der Waals surface area contributed by atoms with E-state index in [1.54, 1.807) is 12.1 Å². The lowest BCUT2D eigenvalue weighted by Crippen LogP contribution is -2.45. The SMILES string of the molecule is CN(CCc1ccc(F)cc1)C1CC(C(=O)O)C1. The first-order valence-electron chi connectivity index (χ1n) is 6.23. The highest BCUT2D eigenvalue weighted by molar-refractivity contribution is 5.71. The highest BCUT2D eigenvalue weighted by atomic mass is 19.1. The second-order valence-corrected chi connectivity index (χ2v) is 5.02. The zero-order valence-electron chi connectivity index (χ0n) is 10.5. The van der Waals surface area contributed by atoms with E-state index in [0.717, 1.165) is 31.4 Å². The smallest absolute Gasteiger partial charge is 0.306 e. The van der Waals surface area contributed by atoms with Gasteiger partial charge in [0.15, 0.2) is 0 Å². The summed E-state index contributed by atoms with van der Waals surface area (Å²) in [5.74, 6) is -1.06.